The van der Waals surface area contributed by atoms with E-state index in [1.165, 1.54) is 0 Å². The Morgan fingerprint density at radius 3 is 2.83 bits per heavy atom. The maximum Gasteiger partial charge on any atom is 0.246 e. The first-order valence-corrected chi connectivity index (χ1v) is 6.18. The van der Waals surface area contributed by atoms with Gasteiger partial charge in [0, 0.05) is 0 Å². The van der Waals surface area contributed by atoms with Crippen molar-refractivity contribution in [1.82, 2.24) is 5.48 Å². The van der Waals surface area contributed by atoms with Crippen molar-refractivity contribution in [2.75, 3.05) is 13.2 Å². The zero-order valence-corrected chi connectivity index (χ0v) is 11.2. The molecule has 1 N–H and O–H groups in total. The largest absolute Gasteiger partial charge is 0.493 e. The van der Waals surface area contributed by atoms with Crippen molar-refractivity contribution in [3.05, 3.63) is 29.8 Å². The van der Waals surface area contributed by atoms with Crippen molar-refractivity contribution in [2.45, 2.75) is 27.2 Å². The molecule has 18 heavy (non-hydrogen) atoms. The Bertz CT molecular complexity index is 377. The number of carbonyl (C=O) groups is 1. The Labute approximate surface area is 108 Å². The molecule has 1 rings (SSSR count). The molecule has 0 aliphatic carbocycles. The molecule has 0 radical (unpaired) electrons. The molecule has 100 valence electrons. The van der Waals surface area contributed by atoms with Crippen LogP contribution in [0.4, 0.5) is 0 Å². The maximum absolute atomic E-state index is 11.4. The molecule has 0 saturated heterocycles. The van der Waals surface area contributed by atoms with Gasteiger partial charge in [-0.25, -0.2) is 5.48 Å². The van der Waals surface area contributed by atoms with Gasteiger partial charge in [-0.3, -0.25) is 9.63 Å². The Morgan fingerprint density at radius 1 is 1.39 bits per heavy atom. The number of nitrogens with one attached hydrogen (secondary N) is 1. The monoisotopic (exact) mass is 251 g/mol. The third-order valence-corrected chi connectivity index (χ3v) is 2.19. The zero-order chi connectivity index (χ0) is 13.4. The molecule has 0 atom stereocenters. The smallest absolute Gasteiger partial charge is 0.246 e. The van der Waals surface area contributed by atoms with Gasteiger partial charge in [-0.05, 0) is 30.5 Å². The number of rotatable bonds is 7. The number of amides is 1. The summed E-state index contributed by atoms with van der Waals surface area (Å²) < 4.78 is 5.47. The Balaban J connectivity index is 2.15. The lowest BCUT2D eigenvalue weighted by Gasteiger charge is -2.09. The first-order chi connectivity index (χ1) is 8.58. The quantitative estimate of drug-likeness (QED) is 0.757. The van der Waals surface area contributed by atoms with Crippen LogP contribution in [0.1, 0.15) is 25.8 Å². The highest BCUT2D eigenvalue weighted by atomic mass is 16.7. The number of aryl methyl sites for hydroxylation is 1. The zero-order valence-electron chi connectivity index (χ0n) is 11.2. The number of carbonyl (C=O) groups excluding carboxylic acids is 1. The van der Waals surface area contributed by atoms with Gasteiger partial charge < -0.3 is 4.74 Å². The van der Waals surface area contributed by atoms with Crippen LogP contribution in [0.5, 0.6) is 5.75 Å². The van der Waals surface area contributed by atoms with Crippen molar-refractivity contribution in [2.24, 2.45) is 5.92 Å². The van der Waals surface area contributed by atoms with Gasteiger partial charge in [0.1, 0.15) is 5.75 Å². The van der Waals surface area contributed by atoms with Crippen molar-refractivity contribution < 1.29 is 14.4 Å². The number of benzene rings is 1. The highest BCUT2D eigenvalue weighted by Crippen LogP contribution is 2.12. The summed E-state index contributed by atoms with van der Waals surface area (Å²) in [5, 5.41) is 0. The Morgan fingerprint density at radius 2 is 2.17 bits per heavy atom. The summed E-state index contributed by atoms with van der Waals surface area (Å²) in [5.74, 6) is 1.02. The van der Waals surface area contributed by atoms with Crippen LogP contribution in [0.2, 0.25) is 0 Å². The molecular weight excluding hydrogens is 230 g/mol. The molecule has 0 aliphatic heterocycles. The van der Waals surface area contributed by atoms with Crippen LogP contribution in [0.25, 0.3) is 0 Å². The third-order valence-electron chi connectivity index (χ3n) is 2.19. The van der Waals surface area contributed by atoms with E-state index in [-0.39, 0.29) is 12.3 Å². The molecule has 0 saturated carbocycles. The molecule has 4 heteroatoms. The van der Waals surface area contributed by atoms with E-state index in [0.717, 1.165) is 11.3 Å². The van der Waals surface area contributed by atoms with Gasteiger partial charge in [0.2, 0.25) is 5.91 Å². The van der Waals surface area contributed by atoms with E-state index in [1.807, 2.05) is 45.0 Å². The lowest BCUT2D eigenvalue weighted by Crippen LogP contribution is -2.26. The average Bonchev–Trinajstić information content (AvgIpc) is 2.28. The second kappa shape index (κ2) is 7.71. The van der Waals surface area contributed by atoms with Gasteiger partial charge in [-0.1, -0.05) is 26.0 Å². The fraction of sp³-hybridized carbons (Fsp3) is 0.500. The SMILES string of the molecule is Cc1cccc(OCCC(=O)NOCC(C)C)c1. The molecule has 1 aromatic rings. The normalized spacial score (nSPS) is 10.4. The number of hydrogen-bond donors (Lipinski definition) is 1. The van der Waals surface area contributed by atoms with Gasteiger partial charge in [0.15, 0.2) is 0 Å². The van der Waals surface area contributed by atoms with Gasteiger partial charge in [0.25, 0.3) is 0 Å². The molecule has 0 bridgehead atoms. The van der Waals surface area contributed by atoms with E-state index >= 15 is 0 Å². The van der Waals surface area contributed by atoms with Crippen LogP contribution < -0.4 is 10.2 Å². The van der Waals surface area contributed by atoms with Gasteiger partial charge >= 0.3 is 0 Å². The fourth-order valence-corrected chi connectivity index (χ4v) is 1.31. The summed E-state index contributed by atoms with van der Waals surface area (Å²) in [6, 6.07) is 7.74. The van der Waals surface area contributed by atoms with Crippen LogP contribution in [-0.2, 0) is 9.63 Å². The van der Waals surface area contributed by atoms with E-state index < -0.39 is 0 Å². The van der Waals surface area contributed by atoms with E-state index in [0.29, 0.717) is 19.1 Å². The maximum atomic E-state index is 11.4. The van der Waals surface area contributed by atoms with Crippen LogP contribution in [-0.4, -0.2) is 19.1 Å². The predicted octanol–water partition coefficient (Wildman–Crippen LogP) is 2.47. The molecule has 0 aromatic heterocycles. The average molecular weight is 251 g/mol. The summed E-state index contributed by atoms with van der Waals surface area (Å²) in [6.07, 6.45) is 0.284. The van der Waals surface area contributed by atoms with Crippen molar-refractivity contribution in [1.29, 1.82) is 0 Å². The lowest BCUT2D eigenvalue weighted by atomic mass is 10.2. The molecule has 4 nitrogen and oxygen atoms in total. The topological polar surface area (TPSA) is 47.6 Å². The molecule has 0 fully saturated rings. The van der Waals surface area contributed by atoms with Gasteiger partial charge in [-0.2, -0.15) is 0 Å². The molecule has 1 aromatic carbocycles. The third kappa shape index (κ3) is 6.25. The highest BCUT2D eigenvalue weighted by Gasteiger charge is 2.03. The summed E-state index contributed by atoms with van der Waals surface area (Å²) >= 11 is 0. The van der Waals surface area contributed by atoms with Crippen LogP contribution in [0.15, 0.2) is 24.3 Å². The van der Waals surface area contributed by atoms with Crippen LogP contribution in [0, 0.1) is 12.8 Å². The number of hydrogen-bond acceptors (Lipinski definition) is 3. The van der Waals surface area contributed by atoms with Gasteiger partial charge in [-0.15, -0.1) is 0 Å². The standard InChI is InChI=1S/C14H21NO3/c1-11(2)10-18-15-14(16)7-8-17-13-6-4-5-12(3)9-13/h4-6,9,11H,7-8,10H2,1-3H3,(H,15,16). The minimum absolute atomic E-state index is 0.164. The van der Waals surface area contributed by atoms with E-state index in [1.54, 1.807) is 0 Å². The fourth-order valence-electron chi connectivity index (χ4n) is 1.31. The van der Waals surface area contributed by atoms with Crippen molar-refractivity contribution in [3.63, 3.8) is 0 Å². The minimum atomic E-state index is -0.164. The molecule has 1 amide bonds. The van der Waals surface area contributed by atoms with Gasteiger partial charge in [0.05, 0.1) is 19.6 Å². The number of ether oxygens (including phenoxy) is 1. The number of hydroxylamine groups is 1. The predicted molar refractivity (Wildman–Crippen MR) is 70.2 cm³/mol. The molecule has 0 spiro atoms. The first-order valence-electron chi connectivity index (χ1n) is 6.18. The van der Waals surface area contributed by atoms with Crippen molar-refractivity contribution >= 4 is 5.91 Å². The summed E-state index contributed by atoms with van der Waals surface area (Å²) in [7, 11) is 0. The molecule has 0 unspecified atom stereocenters. The second-order valence-electron chi connectivity index (χ2n) is 4.65. The molecule has 0 heterocycles. The van der Waals surface area contributed by atoms with Crippen LogP contribution in [0.3, 0.4) is 0 Å². The lowest BCUT2D eigenvalue weighted by molar-refractivity contribution is -0.134. The summed E-state index contributed by atoms with van der Waals surface area (Å²) in [6.45, 7) is 6.91. The van der Waals surface area contributed by atoms with Crippen molar-refractivity contribution in [3.8, 4) is 5.75 Å². The minimum Gasteiger partial charge on any atom is -0.493 e. The second-order valence-corrected chi connectivity index (χ2v) is 4.65. The highest BCUT2D eigenvalue weighted by molar-refractivity contribution is 5.74. The summed E-state index contributed by atoms with van der Waals surface area (Å²) in [5.41, 5.74) is 3.53. The first kappa shape index (κ1) is 14.5. The van der Waals surface area contributed by atoms with E-state index in [2.05, 4.69) is 5.48 Å². The Hall–Kier alpha value is -1.55. The summed E-state index contributed by atoms with van der Waals surface area (Å²) in [4.78, 5) is 16.4. The Kier molecular flexibility index (Phi) is 6.22. The molecule has 0 aliphatic rings. The van der Waals surface area contributed by atoms with Crippen LogP contribution >= 0.6 is 0 Å². The van der Waals surface area contributed by atoms with E-state index in [4.69, 9.17) is 9.57 Å². The van der Waals surface area contributed by atoms with E-state index in [9.17, 15) is 4.79 Å². The molecular formula is C14H21NO3.